The smallest absolute Gasteiger partial charge is 0.332 e. The summed E-state index contributed by atoms with van der Waals surface area (Å²) in [6.45, 7) is -0.757. The Bertz CT molecular complexity index is 289. The summed E-state index contributed by atoms with van der Waals surface area (Å²) in [6, 6.07) is 3.17. The van der Waals surface area contributed by atoms with Gasteiger partial charge in [0.1, 0.15) is 12.1 Å². The minimum atomic E-state index is -0.819. The molecule has 0 fully saturated rings. The van der Waals surface area contributed by atoms with E-state index in [2.05, 4.69) is 9.47 Å². The Balaban J connectivity index is 3.82. The topological polar surface area (TPSA) is 100 Å². The van der Waals surface area contributed by atoms with E-state index in [1.807, 2.05) is 0 Å². The zero-order chi connectivity index (χ0) is 10.8. The van der Waals surface area contributed by atoms with Crippen LogP contribution in [-0.4, -0.2) is 25.2 Å². The lowest BCUT2D eigenvalue weighted by atomic mass is 10.5. The highest BCUT2D eigenvalue weighted by Gasteiger charge is 1.99. The molecule has 0 saturated carbocycles. The molecule has 0 unspecified atom stereocenters. The molecule has 0 saturated heterocycles. The van der Waals surface area contributed by atoms with Crippen molar-refractivity contribution < 1.29 is 19.1 Å². The van der Waals surface area contributed by atoms with E-state index >= 15 is 0 Å². The molecule has 14 heavy (non-hydrogen) atoms. The van der Waals surface area contributed by atoms with E-state index in [-0.39, 0.29) is 13.2 Å². The van der Waals surface area contributed by atoms with Crippen LogP contribution in [0.1, 0.15) is 0 Å². The maximum absolute atomic E-state index is 10.6. The molecule has 0 aliphatic rings. The molecule has 6 heteroatoms. The third-order valence-corrected chi connectivity index (χ3v) is 0.913. The molecule has 0 aromatic rings. The second kappa shape index (κ2) is 7.32. The maximum Gasteiger partial charge on any atom is 0.332 e. The van der Waals surface area contributed by atoms with Crippen LogP contribution in [-0.2, 0) is 19.1 Å². The van der Waals surface area contributed by atoms with Crippen molar-refractivity contribution in [1.29, 1.82) is 10.5 Å². The standard InChI is InChI=1S/C8H6N2O4/c9-3-5-13-7(11)1-2-8(12)14-6-4-10/h1-2H,5-6H2/b2-1+. The van der Waals surface area contributed by atoms with Crippen molar-refractivity contribution in [3.8, 4) is 12.1 Å². The van der Waals surface area contributed by atoms with E-state index in [9.17, 15) is 9.59 Å². The lowest BCUT2D eigenvalue weighted by Crippen LogP contribution is -2.04. The van der Waals surface area contributed by atoms with Crippen molar-refractivity contribution in [1.82, 2.24) is 0 Å². The average molecular weight is 194 g/mol. The first-order chi connectivity index (χ1) is 6.70. The van der Waals surface area contributed by atoms with Gasteiger partial charge in [0.2, 0.25) is 0 Å². The predicted molar refractivity (Wildman–Crippen MR) is 42.3 cm³/mol. The van der Waals surface area contributed by atoms with Crippen LogP contribution < -0.4 is 0 Å². The van der Waals surface area contributed by atoms with E-state index in [4.69, 9.17) is 10.5 Å². The third-order valence-electron chi connectivity index (χ3n) is 0.913. The number of ether oxygens (including phenoxy) is 2. The Morgan fingerprint density at radius 1 is 1.00 bits per heavy atom. The monoisotopic (exact) mass is 194 g/mol. The molecule has 0 aromatic heterocycles. The second-order valence-electron chi connectivity index (χ2n) is 1.86. The second-order valence-corrected chi connectivity index (χ2v) is 1.86. The molecule has 0 aromatic carbocycles. The number of hydrogen-bond acceptors (Lipinski definition) is 6. The molecule has 6 nitrogen and oxygen atoms in total. The fourth-order valence-electron chi connectivity index (χ4n) is 0.439. The lowest BCUT2D eigenvalue weighted by Gasteiger charge is -1.93. The quantitative estimate of drug-likeness (QED) is 0.449. The number of rotatable bonds is 4. The van der Waals surface area contributed by atoms with Crippen molar-refractivity contribution in [2.24, 2.45) is 0 Å². The first-order valence-corrected chi connectivity index (χ1v) is 3.46. The lowest BCUT2D eigenvalue weighted by molar-refractivity contribution is -0.139. The molecule has 0 atom stereocenters. The van der Waals surface area contributed by atoms with Crippen LogP contribution >= 0.6 is 0 Å². The fraction of sp³-hybridized carbons (Fsp3) is 0.250. The number of hydrogen-bond donors (Lipinski definition) is 0. The van der Waals surface area contributed by atoms with Gasteiger partial charge in [0.25, 0.3) is 0 Å². The summed E-state index contributed by atoms with van der Waals surface area (Å²) in [5.41, 5.74) is 0. The molecule has 0 bridgehead atoms. The van der Waals surface area contributed by atoms with Gasteiger partial charge in [0.05, 0.1) is 0 Å². The highest BCUT2D eigenvalue weighted by Crippen LogP contribution is 1.84. The summed E-state index contributed by atoms with van der Waals surface area (Å²) >= 11 is 0. The molecule has 0 N–H and O–H groups in total. The normalized spacial score (nSPS) is 8.71. The van der Waals surface area contributed by atoms with Crippen LogP contribution in [0.2, 0.25) is 0 Å². The summed E-state index contributed by atoms with van der Waals surface area (Å²) in [7, 11) is 0. The Hall–Kier alpha value is -2.34. The molecule has 0 spiro atoms. The Kier molecular flexibility index (Phi) is 6.09. The molecular formula is C8H6N2O4. The number of nitrogens with zero attached hydrogens (tertiary/aromatic N) is 2. The largest absolute Gasteiger partial charge is 0.447 e. The van der Waals surface area contributed by atoms with Gasteiger partial charge in [-0.1, -0.05) is 0 Å². The maximum atomic E-state index is 10.6. The molecule has 0 aliphatic carbocycles. The summed E-state index contributed by atoms with van der Waals surface area (Å²) in [6.07, 6.45) is 1.63. The summed E-state index contributed by atoms with van der Waals surface area (Å²) in [4.78, 5) is 21.3. The zero-order valence-electron chi connectivity index (χ0n) is 7.10. The molecular weight excluding hydrogens is 188 g/mol. The SMILES string of the molecule is N#CCOC(=O)/C=C/C(=O)OCC#N. The molecule has 0 rings (SSSR count). The van der Waals surface area contributed by atoms with Crippen molar-refractivity contribution >= 4 is 11.9 Å². The van der Waals surface area contributed by atoms with Crippen molar-refractivity contribution in [3.05, 3.63) is 12.2 Å². The number of carbonyl (C=O) groups excluding carboxylic acids is 2. The minimum Gasteiger partial charge on any atom is -0.447 e. The van der Waals surface area contributed by atoms with Gasteiger partial charge in [-0.25, -0.2) is 9.59 Å². The Labute approximate surface area is 79.9 Å². The van der Waals surface area contributed by atoms with Crippen LogP contribution in [0, 0.1) is 22.7 Å². The molecule has 0 radical (unpaired) electrons. The van der Waals surface area contributed by atoms with E-state index in [0.717, 1.165) is 12.2 Å². The highest BCUT2D eigenvalue weighted by atomic mass is 16.5. The van der Waals surface area contributed by atoms with Gasteiger partial charge in [-0.15, -0.1) is 0 Å². The Morgan fingerprint density at radius 2 is 1.36 bits per heavy atom. The average Bonchev–Trinajstić information content (AvgIpc) is 2.20. The van der Waals surface area contributed by atoms with Crippen molar-refractivity contribution in [2.75, 3.05) is 13.2 Å². The van der Waals surface area contributed by atoms with E-state index in [1.54, 1.807) is 12.1 Å². The van der Waals surface area contributed by atoms with Crippen LogP contribution in [0.4, 0.5) is 0 Å². The van der Waals surface area contributed by atoms with Gasteiger partial charge in [-0.3, -0.25) is 0 Å². The molecule has 0 aliphatic heterocycles. The minimum absolute atomic E-state index is 0.379. The first-order valence-electron chi connectivity index (χ1n) is 3.46. The first kappa shape index (κ1) is 11.7. The molecule has 0 heterocycles. The number of esters is 2. The van der Waals surface area contributed by atoms with E-state index in [0.29, 0.717) is 0 Å². The summed E-state index contributed by atoms with van der Waals surface area (Å²) < 4.78 is 8.57. The van der Waals surface area contributed by atoms with Crippen LogP contribution in [0.3, 0.4) is 0 Å². The molecule has 72 valence electrons. The summed E-state index contributed by atoms with van der Waals surface area (Å²) in [5.74, 6) is -1.64. The fourth-order valence-corrected chi connectivity index (χ4v) is 0.439. The van der Waals surface area contributed by atoms with Crippen molar-refractivity contribution in [2.45, 2.75) is 0 Å². The zero-order valence-corrected chi connectivity index (χ0v) is 7.10. The third kappa shape index (κ3) is 6.38. The van der Waals surface area contributed by atoms with E-state index in [1.165, 1.54) is 0 Å². The van der Waals surface area contributed by atoms with Crippen LogP contribution in [0.25, 0.3) is 0 Å². The highest BCUT2D eigenvalue weighted by molar-refractivity contribution is 5.91. The van der Waals surface area contributed by atoms with E-state index < -0.39 is 11.9 Å². The van der Waals surface area contributed by atoms with Crippen LogP contribution in [0.15, 0.2) is 12.2 Å². The van der Waals surface area contributed by atoms with Gasteiger partial charge in [0.15, 0.2) is 13.2 Å². The number of nitriles is 2. The van der Waals surface area contributed by atoms with Gasteiger partial charge < -0.3 is 9.47 Å². The van der Waals surface area contributed by atoms with Gasteiger partial charge in [0, 0.05) is 12.2 Å². The van der Waals surface area contributed by atoms with Gasteiger partial charge in [-0.05, 0) is 0 Å². The van der Waals surface area contributed by atoms with Gasteiger partial charge >= 0.3 is 11.9 Å². The summed E-state index contributed by atoms with van der Waals surface area (Å²) in [5, 5.41) is 16.1. The Morgan fingerprint density at radius 3 is 1.64 bits per heavy atom. The van der Waals surface area contributed by atoms with Gasteiger partial charge in [-0.2, -0.15) is 10.5 Å². The molecule has 0 amide bonds. The number of carbonyl (C=O) groups is 2. The van der Waals surface area contributed by atoms with Crippen LogP contribution in [0.5, 0.6) is 0 Å². The predicted octanol–water partition coefficient (Wildman–Crippen LogP) is -0.324. The van der Waals surface area contributed by atoms with Crippen molar-refractivity contribution in [3.63, 3.8) is 0 Å².